The van der Waals surface area contributed by atoms with Crippen LogP contribution in [0.4, 0.5) is 16.4 Å². The molecule has 1 aromatic carbocycles. The largest absolute Gasteiger partial charge is 0.484 e. The lowest BCUT2D eigenvalue weighted by atomic mass is 9.85. The zero-order chi connectivity index (χ0) is 36.3. The topological polar surface area (TPSA) is 183 Å². The van der Waals surface area contributed by atoms with E-state index >= 15 is 0 Å². The molecule has 4 aromatic rings. The van der Waals surface area contributed by atoms with E-state index in [0.29, 0.717) is 60.5 Å². The number of aliphatic imine (C=N–C) groups is 1. The van der Waals surface area contributed by atoms with E-state index in [-0.39, 0.29) is 30.1 Å². The van der Waals surface area contributed by atoms with Gasteiger partial charge in [-0.3, -0.25) is 18.6 Å². The van der Waals surface area contributed by atoms with Crippen molar-refractivity contribution in [1.29, 1.82) is 0 Å². The SMILES string of the molecule is Cn1cc(N=C(C=C(N)C(C)(C)C)NC(=O)N[C@H]2CC[C@@H](Oc3ccc4nnc(N5CCC(COS(C)(=O)=O)CC5)n4c3)c3ccccc32)cn1. The van der Waals surface area contributed by atoms with E-state index < -0.39 is 16.1 Å². The van der Waals surface area contributed by atoms with Gasteiger partial charge >= 0.3 is 6.03 Å². The Morgan fingerprint density at radius 3 is 2.49 bits per heavy atom. The van der Waals surface area contributed by atoms with Crippen LogP contribution in [0.25, 0.3) is 5.65 Å². The summed E-state index contributed by atoms with van der Waals surface area (Å²) in [5, 5.41) is 19.0. The van der Waals surface area contributed by atoms with Gasteiger partial charge in [0, 0.05) is 37.3 Å². The number of amides is 2. The van der Waals surface area contributed by atoms with Crippen LogP contribution in [0.15, 0.2) is 71.8 Å². The number of piperidine rings is 1. The van der Waals surface area contributed by atoms with Gasteiger partial charge in [0.05, 0.1) is 37.5 Å². The van der Waals surface area contributed by atoms with Crippen LogP contribution in [-0.2, 0) is 21.3 Å². The standard InChI is InChI=1S/C35H46N10O5S/c1-35(2,3)30(36)18-31(38-24-19-37-43(4)20-24)40-33(46)39-28-11-12-29(27-9-7-6-8-26(27)28)50-25-10-13-32-41-42-34(45(32)21-25)44-16-14-23(15-17-44)22-49-51(5,47)48/h6-10,13,18-21,23,28-29H,11-12,14-17,22,36H2,1-5H3,(H2,38,39,40,46)/t28-,29+/m0/s1. The quantitative estimate of drug-likeness (QED) is 0.126. The van der Waals surface area contributed by atoms with Crippen molar-refractivity contribution < 1.29 is 22.1 Å². The second-order valence-electron chi connectivity index (χ2n) is 14.2. The van der Waals surface area contributed by atoms with Crippen molar-refractivity contribution in [2.75, 3.05) is 30.9 Å². The minimum Gasteiger partial charge on any atom is -0.484 e. The van der Waals surface area contributed by atoms with Gasteiger partial charge in [0.1, 0.15) is 23.4 Å². The number of rotatable bonds is 9. The number of carbonyl (C=O) groups excluding carboxylic acids is 1. The van der Waals surface area contributed by atoms with E-state index in [0.717, 1.165) is 30.2 Å². The molecule has 4 N–H and O–H groups in total. The molecule has 0 saturated carbocycles. The van der Waals surface area contributed by atoms with Crippen LogP contribution in [0, 0.1) is 11.3 Å². The third-order valence-corrected chi connectivity index (χ3v) is 9.70. The van der Waals surface area contributed by atoms with Crippen LogP contribution in [0.3, 0.4) is 0 Å². The molecular weight excluding hydrogens is 673 g/mol. The molecular formula is C35H46N10O5S. The first-order chi connectivity index (χ1) is 24.2. The molecule has 51 heavy (non-hydrogen) atoms. The summed E-state index contributed by atoms with van der Waals surface area (Å²) in [5.74, 6) is 1.86. The smallest absolute Gasteiger partial charge is 0.320 e. The second-order valence-corrected chi connectivity index (χ2v) is 15.8. The Bertz CT molecular complexity index is 2040. The number of benzene rings is 1. The summed E-state index contributed by atoms with van der Waals surface area (Å²) in [6.07, 6.45) is 10.7. The zero-order valence-corrected chi connectivity index (χ0v) is 30.4. The molecule has 6 rings (SSSR count). The molecule has 0 radical (unpaired) electrons. The molecule has 1 aliphatic heterocycles. The molecule has 2 aliphatic rings. The molecule has 4 heterocycles. The van der Waals surface area contributed by atoms with Crippen LogP contribution in [0.2, 0.25) is 0 Å². The molecule has 1 aliphatic carbocycles. The van der Waals surface area contributed by atoms with Crippen molar-refractivity contribution in [1.82, 2.24) is 35.0 Å². The monoisotopic (exact) mass is 718 g/mol. The number of nitrogens with one attached hydrogen (secondary N) is 2. The number of nitrogens with two attached hydrogens (primary N) is 1. The van der Waals surface area contributed by atoms with E-state index in [2.05, 4.69) is 35.8 Å². The van der Waals surface area contributed by atoms with Crippen LogP contribution in [-0.4, -0.2) is 70.6 Å². The van der Waals surface area contributed by atoms with Gasteiger partial charge in [-0.1, -0.05) is 45.0 Å². The molecule has 1 fully saturated rings. The highest BCUT2D eigenvalue weighted by atomic mass is 32.2. The fourth-order valence-electron chi connectivity index (χ4n) is 6.23. The van der Waals surface area contributed by atoms with Crippen LogP contribution in [0.5, 0.6) is 5.75 Å². The van der Waals surface area contributed by atoms with Gasteiger partial charge in [-0.05, 0) is 54.9 Å². The number of pyridine rings is 1. The van der Waals surface area contributed by atoms with E-state index in [1.165, 1.54) is 0 Å². The van der Waals surface area contributed by atoms with Gasteiger partial charge in [0.25, 0.3) is 10.1 Å². The number of aromatic nitrogens is 5. The number of nitrogens with zero attached hydrogens (tertiary/aromatic N) is 7. The maximum absolute atomic E-state index is 13.4. The van der Waals surface area contributed by atoms with Crippen molar-refractivity contribution >= 4 is 39.3 Å². The maximum atomic E-state index is 13.4. The summed E-state index contributed by atoms with van der Waals surface area (Å²) in [6.45, 7) is 7.59. The molecule has 1 saturated heterocycles. The summed E-state index contributed by atoms with van der Waals surface area (Å²) < 4.78 is 38.0. The van der Waals surface area contributed by atoms with Gasteiger partial charge in [-0.15, -0.1) is 10.2 Å². The molecule has 2 atom stereocenters. The van der Waals surface area contributed by atoms with Crippen molar-refractivity contribution in [2.24, 2.45) is 29.1 Å². The van der Waals surface area contributed by atoms with Crippen molar-refractivity contribution in [3.05, 3.63) is 77.9 Å². The Morgan fingerprint density at radius 2 is 1.80 bits per heavy atom. The third kappa shape index (κ3) is 9.05. The molecule has 2 amide bonds. The van der Waals surface area contributed by atoms with Gasteiger partial charge in [-0.25, -0.2) is 9.79 Å². The lowest BCUT2D eigenvalue weighted by molar-refractivity contribution is 0.171. The molecule has 0 spiro atoms. The van der Waals surface area contributed by atoms with Crippen LogP contribution >= 0.6 is 0 Å². The number of ether oxygens (including phenoxy) is 1. The average Bonchev–Trinajstić information content (AvgIpc) is 3.69. The van der Waals surface area contributed by atoms with E-state index in [1.807, 2.05) is 67.8 Å². The zero-order valence-electron chi connectivity index (χ0n) is 29.6. The van der Waals surface area contributed by atoms with E-state index in [4.69, 9.17) is 14.7 Å². The number of amidine groups is 1. The Balaban J connectivity index is 1.14. The highest BCUT2D eigenvalue weighted by Crippen LogP contribution is 2.39. The maximum Gasteiger partial charge on any atom is 0.320 e. The summed E-state index contributed by atoms with van der Waals surface area (Å²) in [5.41, 5.74) is 9.88. The highest BCUT2D eigenvalue weighted by molar-refractivity contribution is 7.85. The van der Waals surface area contributed by atoms with E-state index in [1.54, 1.807) is 30.2 Å². The number of fused-ring (bicyclic) bond motifs is 2. The summed E-state index contributed by atoms with van der Waals surface area (Å²) >= 11 is 0. The molecule has 0 unspecified atom stereocenters. The minimum atomic E-state index is -3.46. The lowest BCUT2D eigenvalue weighted by Crippen LogP contribution is -2.42. The molecule has 272 valence electrons. The predicted molar refractivity (Wildman–Crippen MR) is 194 cm³/mol. The normalized spacial score (nSPS) is 19.2. The highest BCUT2D eigenvalue weighted by Gasteiger charge is 2.30. The fourth-order valence-corrected chi connectivity index (χ4v) is 6.67. The van der Waals surface area contributed by atoms with Crippen LogP contribution in [0.1, 0.15) is 69.7 Å². The minimum absolute atomic E-state index is 0.163. The first kappa shape index (κ1) is 35.9. The predicted octanol–water partition coefficient (Wildman–Crippen LogP) is 4.53. The molecule has 3 aromatic heterocycles. The van der Waals surface area contributed by atoms with E-state index in [9.17, 15) is 13.2 Å². The molecule has 15 nitrogen and oxygen atoms in total. The van der Waals surface area contributed by atoms with Gasteiger partial charge in [0.2, 0.25) is 5.95 Å². The Morgan fingerprint density at radius 1 is 1.06 bits per heavy atom. The van der Waals surface area contributed by atoms with Crippen molar-refractivity contribution in [2.45, 2.75) is 58.6 Å². The number of carbonyl (C=O) groups is 1. The Kier molecular flexibility index (Phi) is 10.3. The number of aryl methyl sites for hydroxylation is 1. The molecule has 0 bridgehead atoms. The number of hydrogen-bond donors (Lipinski definition) is 3. The van der Waals surface area contributed by atoms with Crippen molar-refractivity contribution in [3.63, 3.8) is 0 Å². The van der Waals surface area contributed by atoms with Crippen molar-refractivity contribution in [3.8, 4) is 5.75 Å². The van der Waals surface area contributed by atoms with Crippen LogP contribution < -0.4 is 26.0 Å². The summed E-state index contributed by atoms with van der Waals surface area (Å²) in [4.78, 5) is 20.1. The van der Waals surface area contributed by atoms with Gasteiger partial charge in [0.15, 0.2) is 5.65 Å². The number of hydrogen-bond acceptors (Lipinski definition) is 11. The first-order valence-electron chi connectivity index (χ1n) is 17.0. The summed E-state index contributed by atoms with van der Waals surface area (Å²) in [6, 6.07) is 11.1. The average molecular weight is 719 g/mol. The molecule has 16 heteroatoms. The number of urea groups is 1. The number of anilines is 1. The lowest BCUT2D eigenvalue weighted by Gasteiger charge is -2.32. The second kappa shape index (κ2) is 14.7. The van der Waals surface area contributed by atoms with Gasteiger partial charge in [-0.2, -0.15) is 13.5 Å². The fraction of sp³-hybridized carbons (Fsp3) is 0.457. The Hall–Kier alpha value is -4.96. The first-order valence-corrected chi connectivity index (χ1v) is 18.9. The Labute approximate surface area is 298 Å². The number of allylic oxidation sites excluding steroid dienone is 1. The van der Waals surface area contributed by atoms with Gasteiger partial charge < -0.3 is 20.7 Å². The third-order valence-electron chi connectivity index (χ3n) is 9.13. The summed E-state index contributed by atoms with van der Waals surface area (Å²) in [7, 11) is -1.66.